The Morgan fingerprint density at radius 3 is 2.70 bits per heavy atom. The van der Waals surface area contributed by atoms with Crippen molar-refractivity contribution in [1.29, 1.82) is 0 Å². The third-order valence-corrected chi connectivity index (χ3v) is 4.96. The first-order valence-electron chi connectivity index (χ1n) is 9.31. The number of rotatable bonds is 7. The molecule has 7 nitrogen and oxygen atoms in total. The normalized spacial score (nSPS) is 18.0. The third-order valence-electron chi connectivity index (χ3n) is 4.96. The molecule has 1 fully saturated rings. The summed E-state index contributed by atoms with van der Waals surface area (Å²) in [4.78, 5) is 38.2. The molecule has 2 amide bonds. The molecule has 148 valence electrons. The summed E-state index contributed by atoms with van der Waals surface area (Å²) in [6.07, 6.45) is 2.26. The Bertz CT molecular complexity index is 704. The van der Waals surface area contributed by atoms with Gasteiger partial charge < -0.3 is 20.1 Å². The van der Waals surface area contributed by atoms with Crippen molar-refractivity contribution in [3.8, 4) is 0 Å². The number of nitrogens with zero attached hydrogens (tertiary/aromatic N) is 1. The Kier molecular flexibility index (Phi) is 7.36. The van der Waals surface area contributed by atoms with E-state index in [4.69, 9.17) is 4.74 Å². The van der Waals surface area contributed by atoms with Gasteiger partial charge in [-0.25, -0.2) is 4.79 Å². The van der Waals surface area contributed by atoms with Gasteiger partial charge in [0, 0.05) is 31.8 Å². The number of aromatic carboxylic acids is 1. The minimum atomic E-state index is -1.06. The summed E-state index contributed by atoms with van der Waals surface area (Å²) in [5.41, 5.74) is 1.19. The second-order valence-corrected chi connectivity index (χ2v) is 7.08. The van der Waals surface area contributed by atoms with Crippen LogP contribution in [0, 0.1) is 11.8 Å². The summed E-state index contributed by atoms with van der Waals surface area (Å²) in [5.74, 6) is -1.51. The maximum Gasteiger partial charge on any atom is 0.335 e. The van der Waals surface area contributed by atoms with Crippen molar-refractivity contribution < 1.29 is 24.2 Å². The fourth-order valence-electron chi connectivity index (χ4n) is 3.26. The van der Waals surface area contributed by atoms with Crippen molar-refractivity contribution in [1.82, 2.24) is 4.90 Å². The van der Waals surface area contributed by atoms with Crippen molar-refractivity contribution in [3.05, 3.63) is 29.3 Å². The fraction of sp³-hybridized carbons (Fsp3) is 0.550. The van der Waals surface area contributed by atoms with Crippen LogP contribution in [0.25, 0.3) is 0 Å². The predicted octanol–water partition coefficient (Wildman–Crippen LogP) is 2.75. The van der Waals surface area contributed by atoms with E-state index in [0.29, 0.717) is 30.8 Å². The zero-order chi connectivity index (χ0) is 20.0. The number of ether oxygens (including phenoxy) is 1. The number of amides is 2. The van der Waals surface area contributed by atoms with Crippen molar-refractivity contribution >= 4 is 23.5 Å². The minimum absolute atomic E-state index is 0.0457. The highest BCUT2D eigenvalue weighted by Crippen LogP contribution is 2.22. The molecule has 2 N–H and O–H groups in total. The van der Waals surface area contributed by atoms with Crippen molar-refractivity contribution in [2.24, 2.45) is 11.8 Å². The predicted molar refractivity (Wildman–Crippen MR) is 102 cm³/mol. The maximum absolute atomic E-state index is 12.7. The number of carbonyl (C=O) groups excluding carboxylic acids is 2. The average Bonchev–Trinajstić information content (AvgIpc) is 2.66. The summed E-state index contributed by atoms with van der Waals surface area (Å²) in [6.45, 7) is 5.22. The maximum atomic E-state index is 12.7. The number of likely N-dealkylation sites (tertiary alicyclic amines) is 1. The SMILES string of the molecule is CCC(C)C(=O)N1CCCC(C(=O)Nc2cc(COC)cc(C(=O)O)c2)C1. The van der Waals surface area contributed by atoms with Gasteiger partial charge in [-0.15, -0.1) is 0 Å². The number of methoxy groups -OCH3 is 1. The molecule has 2 unspecified atom stereocenters. The van der Waals surface area contributed by atoms with E-state index in [1.807, 2.05) is 13.8 Å². The molecule has 1 saturated heterocycles. The third kappa shape index (κ3) is 5.53. The van der Waals surface area contributed by atoms with E-state index in [2.05, 4.69) is 5.32 Å². The summed E-state index contributed by atoms with van der Waals surface area (Å²) >= 11 is 0. The van der Waals surface area contributed by atoms with Gasteiger partial charge in [0.05, 0.1) is 18.1 Å². The van der Waals surface area contributed by atoms with Gasteiger partial charge in [-0.3, -0.25) is 9.59 Å². The van der Waals surface area contributed by atoms with Gasteiger partial charge >= 0.3 is 5.97 Å². The second-order valence-electron chi connectivity index (χ2n) is 7.08. The van der Waals surface area contributed by atoms with Gasteiger partial charge in [-0.05, 0) is 43.0 Å². The molecular weight excluding hydrogens is 348 g/mol. The number of hydrogen-bond acceptors (Lipinski definition) is 4. The highest BCUT2D eigenvalue weighted by atomic mass is 16.5. The lowest BCUT2D eigenvalue weighted by atomic mass is 9.95. The number of nitrogens with one attached hydrogen (secondary N) is 1. The van der Waals surface area contributed by atoms with Crippen LogP contribution in [0.4, 0.5) is 5.69 Å². The zero-order valence-corrected chi connectivity index (χ0v) is 16.2. The first-order chi connectivity index (χ1) is 12.8. The second kappa shape index (κ2) is 9.50. The molecule has 1 heterocycles. The van der Waals surface area contributed by atoms with Gasteiger partial charge in [0.1, 0.15) is 0 Å². The van der Waals surface area contributed by atoms with E-state index in [1.54, 1.807) is 11.0 Å². The van der Waals surface area contributed by atoms with Crippen LogP contribution in [0.1, 0.15) is 49.0 Å². The van der Waals surface area contributed by atoms with Gasteiger partial charge in [0.25, 0.3) is 0 Å². The average molecular weight is 376 g/mol. The summed E-state index contributed by atoms with van der Waals surface area (Å²) in [5, 5.41) is 12.1. The van der Waals surface area contributed by atoms with Crippen LogP contribution in [-0.2, 0) is 20.9 Å². The molecule has 0 aliphatic carbocycles. The Morgan fingerprint density at radius 2 is 2.07 bits per heavy atom. The highest BCUT2D eigenvalue weighted by Gasteiger charge is 2.30. The van der Waals surface area contributed by atoms with Crippen LogP contribution in [0.3, 0.4) is 0 Å². The number of benzene rings is 1. The lowest BCUT2D eigenvalue weighted by Crippen LogP contribution is -2.45. The first-order valence-corrected chi connectivity index (χ1v) is 9.31. The van der Waals surface area contributed by atoms with Gasteiger partial charge in [0.2, 0.25) is 11.8 Å². The molecule has 7 heteroatoms. The minimum Gasteiger partial charge on any atom is -0.478 e. The van der Waals surface area contributed by atoms with E-state index in [1.165, 1.54) is 19.2 Å². The van der Waals surface area contributed by atoms with E-state index in [-0.39, 0.29) is 35.8 Å². The van der Waals surface area contributed by atoms with Crippen LogP contribution in [0.5, 0.6) is 0 Å². The first kappa shape index (κ1) is 20.9. The molecule has 1 aliphatic rings. The Morgan fingerprint density at radius 1 is 1.33 bits per heavy atom. The summed E-state index contributed by atoms with van der Waals surface area (Å²) in [6, 6.07) is 4.66. The molecule has 0 bridgehead atoms. The number of anilines is 1. The van der Waals surface area contributed by atoms with Gasteiger partial charge in [-0.1, -0.05) is 13.8 Å². The highest BCUT2D eigenvalue weighted by molar-refractivity contribution is 5.95. The molecule has 0 aromatic heterocycles. The summed E-state index contributed by atoms with van der Waals surface area (Å²) < 4.78 is 5.06. The monoisotopic (exact) mass is 376 g/mol. The van der Waals surface area contributed by atoms with Gasteiger partial charge in [-0.2, -0.15) is 0 Å². The molecule has 2 rings (SSSR count). The largest absolute Gasteiger partial charge is 0.478 e. The Balaban J connectivity index is 2.09. The molecule has 0 spiro atoms. The molecular formula is C20H28N2O5. The van der Waals surface area contributed by atoms with Crippen molar-refractivity contribution in [2.75, 3.05) is 25.5 Å². The number of carbonyl (C=O) groups is 3. The number of carboxylic acids is 1. The molecule has 0 radical (unpaired) electrons. The van der Waals surface area contributed by atoms with Crippen LogP contribution in [0.15, 0.2) is 18.2 Å². The fourth-order valence-corrected chi connectivity index (χ4v) is 3.26. The Hall–Kier alpha value is -2.41. The topological polar surface area (TPSA) is 95.9 Å². The van der Waals surface area contributed by atoms with Crippen molar-refractivity contribution in [2.45, 2.75) is 39.7 Å². The molecule has 1 aliphatic heterocycles. The van der Waals surface area contributed by atoms with E-state index in [9.17, 15) is 19.5 Å². The standard InChI is InChI=1S/C20H28N2O5/c1-4-13(2)19(24)22-7-5-6-15(11-22)18(23)21-17-9-14(12-27-3)8-16(10-17)20(25)26/h8-10,13,15H,4-7,11-12H2,1-3H3,(H,21,23)(H,25,26). The van der Waals surface area contributed by atoms with E-state index < -0.39 is 5.97 Å². The lowest BCUT2D eigenvalue weighted by molar-refractivity contribution is -0.138. The van der Waals surface area contributed by atoms with Gasteiger partial charge in [0.15, 0.2) is 0 Å². The van der Waals surface area contributed by atoms with Crippen LogP contribution in [0.2, 0.25) is 0 Å². The number of piperidine rings is 1. The quantitative estimate of drug-likeness (QED) is 0.763. The molecule has 1 aromatic carbocycles. The van der Waals surface area contributed by atoms with Crippen molar-refractivity contribution in [3.63, 3.8) is 0 Å². The Labute approximate surface area is 159 Å². The zero-order valence-electron chi connectivity index (χ0n) is 16.2. The molecule has 2 atom stereocenters. The van der Waals surface area contributed by atoms with Crippen LogP contribution < -0.4 is 5.32 Å². The molecule has 27 heavy (non-hydrogen) atoms. The lowest BCUT2D eigenvalue weighted by Gasteiger charge is -2.33. The van der Waals surface area contributed by atoms with Crippen LogP contribution >= 0.6 is 0 Å². The van der Waals surface area contributed by atoms with E-state index >= 15 is 0 Å². The van der Waals surface area contributed by atoms with Crippen LogP contribution in [-0.4, -0.2) is 48.0 Å². The molecule has 0 saturated carbocycles. The number of hydrogen-bond donors (Lipinski definition) is 2. The smallest absolute Gasteiger partial charge is 0.335 e. The van der Waals surface area contributed by atoms with E-state index in [0.717, 1.165) is 12.8 Å². The summed E-state index contributed by atoms with van der Waals surface area (Å²) in [7, 11) is 1.52. The molecule has 1 aromatic rings. The number of carboxylic acid groups (broad SMARTS) is 1.